The number of rotatable bonds is 2. The minimum absolute atomic E-state index is 0.149. The number of piperidine rings is 2. The Bertz CT molecular complexity index is 364. The maximum atomic E-state index is 12.1. The van der Waals surface area contributed by atoms with E-state index in [0.29, 0.717) is 6.54 Å². The summed E-state index contributed by atoms with van der Waals surface area (Å²) in [5.74, 6) is 0. The highest BCUT2D eigenvalue weighted by molar-refractivity contribution is 5.72. The van der Waals surface area contributed by atoms with E-state index in [1.165, 1.54) is 0 Å². The Morgan fingerprint density at radius 1 is 1.33 bits per heavy atom. The molecule has 18 heavy (non-hydrogen) atoms. The minimum Gasteiger partial charge on any atom is -0.444 e. The number of ether oxygens (including phenoxy) is 1. The van der Waals surface area contributed by atoms with Crippen molar-refractivity contribution in [1.82, 2.24) is 4.90 Å². The van der Waals surface area contributed by atoms with Crippen LogP contribution in [0.25, 0.3) is 0 Å². The molecule has 2 heterocycles. The molecule has 3 rings (SSSR count). The smallest absolute Gasteiger partial charge is 0.410 e. The molecule has 0 unspecified atom stereocenters. The first-order chi connectivity index (χ1) is 8.23. The summed E-state index contributed by atoms with van der Waals surface area (Å²) in [4.78, 5) is 25.1. The van der Waals surface area contributed by atoms with Gasteiger partial charge in [0.15, 0.2) is 0 Å². The van der Waals surface area contributed by atoms with Crippen LogP contribution in [-0.4, -0.2) is 36.0 Å². The van der Waals surface area contributed by atoms with Crippen molar-refractivity contribution in [1.29, 1.82) is 0 Å². The summed E-state index contributed by atoms with van der Waals surface area (Å²) in [7, 11) is 0. The van der Waals surface area contributed by atoms with E-state index in [2.05, 4.69) is 6.92 Å². The number of fused-ring (bicyclic) bond motifs is 2. The first-order valence-electron chi connectivity index (χ1n) is 6.67. The molecule has 102 valence electrons. The third kappa shape index (κ3) is 2.25. The van der Waals surface area contributed by atoms with Crippen LogP contribution in [0.15, 0.2) is 0 Å². The molecule has 0 aromatic heterocycles. The molecule has 0 radical (unpaired) electrons. The lowest BCUT2D eigenvalue weighted by molar-refractivity contribution is -0.152. The van der Waals surface area contributed by atoms with Gasteiger partial charge in [-0.25, -0.2) is 4.79 Å². The molecule has 0 atom stereocenters. The van der Waals surface area contributed by atoms with Crippen molar-refractivity contribution >= 4 is 12.4 Å². The number of aldehydes is 1. The van der Waals surface area contributed by atoms with Crippen LogP contribution in [0.2, 0.25) is 0 Å². The molecule has 0 N–H and O–H groups in total. The Morgan fingerprint density at radius 2 is 1.94 bits per heavy atom. The maximum Gasteiger partial charge on any atom is 0.410 e. The first kappa shape index (κ1) is 13.4. The molecule has 1 amide bonds. The zero-order valence-electron chi connectivity index (χ0n) is 11.8. The highest BCUT2D eigenvalue weighted by Gasteiger charge is 2.59. The van der Waals surface area contributed by atoms with E-state index in [0.717, 1.165) is 32.1 Å². The van der Waals surface area contributed by atoms with Gasteiger partial charge in [-0.2, -0.15) is 0 Å². The van der Waals surface area contributed by atoms with Crippen molar-refractivity contribution in [3.63, 3.8) is 0 Å². The molecule has 2 bridgehead atoms. The summed E-state index contributed by atoms with van der Waals surface area (Å²) in [6.07, 6.45) is 3.63. The number of carbonyl (C=O) groups excluding carboxylic acids is 2. The van der Waals surface area contributed by atoms with Crippen molar-refractivity contribution in [2.75, 3.05) is 13.1 Å². The summed E-state index contributed by atoms with van der Waals surface area (Å²) in [6.45, 7) is 8.97. The normalized spacial score (nSPS) is 34.8. The van der Waals surface area contributed by atoms with E-state index in [4.69, 9.17) is 4.74 Å². The van der Waals surface area contributed by atoms with Crippen molar-refractivity contribution in [2.24, 2.45) is 10.8 Å². The number of amides is 1. The number of hydrogen-bond acceptors (Lipinski definition) is 3. The molecule has 4 heteroatoms. The van der Waals surface area contributed by atoms with Crippen molar-refractivity contribution in [3.8, 4) is 0 Å². The molecule has 2 aliphatic heterocycles. The van der Waals surface area contributed by atoms with Gasteiger partial charge in [0, 0.05) is 18.5 Å². The molecular formula is C14H23NO3. The van der Waals surface area contributed by atoms with Gasteiger partial charge >= 0.3 is 6.09 Å². The average Bonchev–Trinajstić information content (AvgIpc) is 2.25. The molecule has 2 saturated heterocycles. The van der Waals surface area contributed by atoms with Crippen LogP contribution >= 0.6 is 0 Å². The molecule has 1 saturated carbocycles. The van der Waals surface area contributed by atoms with Crippen LogP contribution in [0.5, 0.6) is 0 Å². The van der Waals surface area contributed by atoms with Crippen LogP contribution in [-0.2, 0) is 9.53 Å². The monoisotopic (exact) mass is 253 g/mol. The number of nitrogens with zero attached hydrogens (tertiary/aromatic N) is 1. The van der Waals surface area contributed by atoms with Gasteiger partial charge in [-0.15, -0.1) is 0 Å². The third-order valence-electron chi connectivity index (χ3n) is 4.14. The fraction of sp³-hybridized carbons (Fsp3) is 0.857. The van der Waals surface area contributed by atoms with E-state index in [1.54, 1.807) is 4.90 Å². The van der Waals surface area contributed by atoms with E-state index in [9.17, 15) is 9.59 Å². The Kier molecular flexibility index (Phi) is 2.95. The van der Waals surface area contributed by atoms with Crippen molar-refractivity contribution in [3.05, 3.63) is 0 Å². The predicted octanol–water partition coefficient (Wildman–Crippen LogP) is 2.61. The lowest BCUT2D eigenvalue weighted by atomic mass is 9.49. The lowest BCUT2D eigenvalue weighted by Crippen LogP contribution is -2.65. The minimum atomic E-state index is -0.480. The number of hydrogen-bond donors (Lipinski definition) is 0. The third-order valence-corrected chi connectivity index (χ3v) is 4.14. The van der Waals surface area contributed by atoms with Crippen molar-refractivity contribution in [2.45, 2.75) is 52.6 Å². The Labute approximate surface area is 109 Å². The first-order valence-corrected chi connectivity index (χ1v) is 6.67. The Hall–Kier alpha value is -1.06. The predicted molar refractivity (Wildman–Crippen MR) is 68.3 cm³/mol. The van der Waals surface area contributed by atoms with E-state index < -0.39 is 5.60 Å². The molecule has 0 aromatic carbocycles. The van der Waals surface area contributed by atoms with Gasteiger partial charge in [-0.3, -0.25) is 0 Å². The maximum absolute atomic E-state index is 12.1. The standard InChI is InChI=1S/C14H23NO3/c1-5-13-6-14(7-13,10-16)9-15(8-13)11(17)18-12(2,3)4/h10H,5-9H2,1-4H3. The molecule has 0 aromatic rings. The fourth-order valence-electron chi connectivity index (χ4n) is 3.44. The highest BCUT2D eigenvalue weighted by Crippen LogP contribution is 2.59. The molecule has 4 nitrogen and oxygen atoms in total. The van der Waals surface area contributed by atoms with Gasteiger partial charge in [0.05, 0.1) is 0 Å². The zero-order valence-corrected chi connectivity index (χ0v) is 11.8. The lowest BCUT2D eigenvalue weighted by Gasteiger charge is -2.61. The molecule has 3 aliphatic rings. The van der Waals surface area contributed by atoms with Crippen LogP contribution in [0.3, 0.4) is 0 Å². The van der Waals surface area contributed by atoms with Gasteiger partial charge < -0.3 is 14.4 Å². The summed E-state index contributed by atoms with van der Waals surface area (Å²) >= 11 is 0. The summed E-state index contributed by atoms with van der Waals surface area (Å²) in [5, 5.41) is 0. The fourth-order valence-corrected chi connectivity index (χ4v) is 3.44. The van der Waals surface area contributed by atoms with Gasteiger partial charge in [0.2, 0.25) is 0 Å². The van der Waals surface area contributed by atoms with E-state index in [-0.39, 0.29) is 16.9 Å². The van der Waals surface area contributed by atoms with Crippen LogP contribution < -0.4 is 0 Å². The van der Waals surface area contributed by atoms with Crippen LogP contribution in [0.4, 0.5) is 4.79 Å². The van der Waals surface area contributed by atoms with E-state index in [1.807, 2.05) is 20.8 Å². The Balaban J connectivity index is 2.07. The van der Waals surface area contributed by atoms with Gasteiger partial charge in [0.1, 0.15) is 11.9 Å². The zero-order chi connectivity index (χ0) is 13.6. The summed E-state index contributed by atoms with van der Waals surface area (Å²) in [6, 6.07) is 0. The van der Waals surface area contributed by atoms with Crippen LogP contribution in [0, 0.1) is 10.8 Å². The topological polar surface area (TPSA) is 46.6 Å². The summed E-state index contributed by atoms with van der Waals surface area (Å²) in [5.41, 5.74) is -0.631. The van der Waals surface area contributed by atoms with Gasteiger partial charge in [0.25, 0.3) is 0 Å². The Morgan fingerprint density at radius 3 is 2.39 bits per heavy atom. The molecule has 1 aliphatic carbocycles. The highest BCUT2D eigenvalue weighted by atomic mass is 16.6. The van der Waals surface area contributed by atoms with E-state index >= 15 is 0 Å². The van der Waals surface area contributed by atoms with Gasteiger partial charge in [-0.1, -0.05) is 6.92 Å². The average molecular weight is 253 g/mol. The SMILES string of the molecule is CCC12CN(C(=O)OC(C)(C)C)CC(C=O)(C1)C2. The summed E-state index contributed by atoms with van der Waals surface area (Å²) < 4.78 is 5.40. The second-order valence-electron chi connectivity index (χ2n) is 7.02. The van der Waals surface area contributed by atoms with Crippen molar-refractivity contribution < 1.29 is 14.3 Å². The second kappa shape index (κ2) is 3.97. The van der Waals surface area contributed by atoms with Crippen LogP contribution in [0.1, 0.15) is 47.0 Å². The van der Waals surface area contributed by atoms with Gasteiger partial charge in [-0.05, 0) is 45.4 Å². The second-order valence-corrected chi connectivity index (χ2v) is 7.02. The molecule has 0 spiro atoms. The number of carbonyl (C=O) groups is 2. The molecule has 3 fully saturated rings. The quantitative estimate of drug-likeness (QED) is 0.711. The largest absolute Gasteiger partial charge is 0.444 e. The molecular weight excluding hydrogens is 230 g/mol.